The van der Waals surface area contributed by atoms with E-state index in [1.807, 2.05) is 20.8 Å². The highest BCUT2D eigenvalue weighted by molar-refractivity contribution is 7.20. The number of pyridine rings is 1. The number of hydrogen-bond donors (Lipinski definition) is 1. The maximum absolute atomic E-state index is 12.8. The van der Waals surface area contributed by atoms with Crippen molar-refractivity contribution in [2.24, 2.45) is 0 Å². The zero-order valence-corrected chi connectivity index (χ0v) is 16.1. The minimum absolute atomic E-state index is 0.208. The van der Waals surface area contributed by atoms with Gasteiger partial charge in [-0.1, -0.05) is 0 Å². The number of alkyl halides is 3. The number of halogens is 3. The summed E-state index contributed by atoms with van der Waals surface area (Å²) in [6.07, 6.45) is -4.51. The molecular weight excluding hydrogens is 383 g/mol. The van der Waals surface area contributed by atoms with Crippen molar-refractivity contribution in [3.8, 4) is 0 Å². The molecule has 3 aromatic heterocycles. The lowest BCUT2D eigenvalue weighted by Crippen LogP contribution is -2.26. The van der Waals surface area contributed by atoms with Gasteiger partial charge in [-0.25, -0.2) is 9.97 Å². The third-order valence-electron chi connectivity index (χ3n) is 3.98. The standard InChI is InChI=1S/C17H16F3N3OS2/c1-7-11-5-6-12(17(18,19)20)23-16(11)26-13(7)15(24)22-9(3)14-8(2)21-10(4)25-14/h5-6,9H,1-4H3,(H,22,24)/t9-/m1/s1. The molecule has 1 atom stereocenters. The van der Waals surface area contributed by atoms with Gasteiger partial charge in [-0.2, -0.15) is 13.2 Å². The summed E-state index contributed by atoms with van der Waals surface area (Å²) in [4.78, 5) is 22.2. The van der Waals surface area contributed by atoms with Gasteiger partial charge in [-0.05, 0) is 45.4 Å². The molecule has 3 heterocycles. The van der Waals surface area contributed by atoms with Crippen LogP contribution in [0, 0.1) is 20.8 Å². The van der Waals surface area contributed by atoms with Crippen molar-refractivity contribution >= 4 is 38.8 Å². The van der Waals surface area contributed by atoms with Crippen LogP contribution in [0.4, 0.5) is 13.2 Å². The van der Waals surface area contributed by atoms with Gasteiger partial charge in [0.1, 0.15) is 10.5 Å². The Hall–Kier alpha value is -2.00. The maximum atomic E-state index is 12.8. The summed E-state index contributed by atoms with van der Waals surface area (Å²) in [6, 6.07) is 2.07. The minimum Gasteiger partial charge on any atom is -0.344 e. The number of carbonyl (C=O) groups excluding carboxylic acids is 1. The smallest absolute Gasteiger partial charge is 0.344 e. The Balaban J connectivity index is 1.90. The van der Waals surface area contributed by atoms with E-state index in [0.717, 1.165) is 33.0 Å². The lowest BCUT2D eigenvalue weighted by molar-refractivity contribution is -0.140. The number of nitrogens with zero attached hydrogens (tertiary/aromatic N) is 2. The van der Waals surface area contributed by atoms with E-state index < -0.39 is 11.9 Å². The molecule has 9 heteroatoms. The molecule has 1 amide bonds. The number of fused-ring (bicyclic) bond motifs is 1. The minimum atomic E-state index is -4.51. The summed E-state index contributed by atoms with van der Waals surface area (Å²) < 4.78 is 38.5. The van der Waals surface area contributed by atoms with E-state index in [4.69, 9.17) is 0 Å². The van der Waals surface area contributed by atoms with Crippen molar-refractivity contribution < 1.29 is 18.0 Å². The monoisotopic (exact) mass is 399 g/mol. The molecule has 0 saturated heterocycles. The van der Waals surface area contributed by atoms with E-state index in [1.165, 1.54) is 17.4 Å². The third-order valence-corrected chi connectivity index (χ3v) is 6.44. The third kappa shape index (κ3) is 3.45. The molecule has 3 aromatic rings. The Bertz CT molecular complexity index is 991. The molecule has 0 radical (unpaired) electrons. The highest BCUT2D eigenvalue weighted by Gasteiger charge is 2.33. The van der Waals surface area contributed by atoms with Gasteiger partial charge in [0.25, 0.3) is 5.91 Å². The number of carbonyl (C=O) groups is 1. The molecule has 0 spiro atoms. The highest BCUT2D eigenvalue weighted by atomic mass is 32.1. The van der Waals surface area contributed by atoms with Crippen molar-refractivity contribution in [1.29, 1.82) is 0 Å². The molecule has 0 aliphatic heterocycles. The Morgan fingerprint density at radius 2 is 1.85 bits per heavy atom. The molecule has 3 rings (SSSR count). The molecule has 26 heavy (non-hydrogen) atoms. The van der Waals surface area contributed by atoms with Crippen LogP contribution in [0.1, 0.15) is 49.5 Å². The van der Waals surface area contributed by atoms with Gasteiger partial charge in [0.15, 0.2) is 0 Å². The van der Waals surface area contributed by atoms with Gasteiger partial charge in [0, 0.05) is 10.3 Å². The van der Waals surface area contributed by atoms with Crippen molar-refractivity contribution in [1.82, 2.24) is 15.3 Å². The highest BCUT2D eigenvalue weighted by Crippen LogP contribution is 2.34. The fourth-order valence-electron chi connectivity index (χ4n) is 2.75. The van der Waals surface area contributed by atoms with E-state index in [0.29, 0.717) is 15.8 Å². The van der Waals surface area contributed by atoms with Crippen molar-refractivity contribution in [2.45, 2.75) is 39.9 Å². The predicted molar refractivity (Wildman–Crippen MR) is 96.8 cm³/mol. The quantitative estimate of drug-likeness (QED) is 0.660. The first-order valence-electron chi connectivity index (χ1n) is 7.80. The van der Waals surface area contributed by atoms with Gasteiger partial charge < -0.3 is 5.32 Å². The molecule has 0 bridgehead atoms. The SMILES string of the molecule is Cc1nc(C)c([C@@H](C)NC(=O)c2sc3nc(C(F)(F)F)ccc3c2C)s1. The van der Waals surface area contributed by atoms with Crippen molar-refractivity contribution in [3.05, 3.63) is 43.8 Å². The molecule has 4 nitrogen and oxygen atoms in total. The van der Waals surface area contributed by atoms with E-state index in [2.05, 4.69) is 15.3 Å². The predicted octanol–water partition coefficient (Wildman–Crippen LogP) is 5.19. The second-order valence-electron chi connectivity index (χ2n) is 5.98. The average molecular weight is 399 g/mol. The first kappa shape index (κ1) is 18.8. The molecule has 0 fully saturated rings. The number of rotatable bonds is 3. The number of nitrogens with one attached hydrogen (secondary N) is 1. The second kappa shape index (κ2) is 6.62. The number of aryl methyl sites for hydroxylation is 3. The summed E-state index contributed by atoms with van der Waals surface area (Å²) in [5.74, 6) is -0.322. The van der Waals surface area contributed by atoms with Crippen LogP contribution in [-0.4, -0.2) is 15.9 Å². The number of aromatic nitrogens is 2. The van der Waals surface area contributed by atoms with Crippen LogP contribution in [0.3, 0.4) is 0 Å². The summed E-state index contributed by atoms with van der Waals surface area (Å²) in [7, 11) is 0. The van der Waals surface area contributed by atoms with Crippen LogP contribution in [0.2, 0.25) is 0 Å². The number of thiazole rings is 1. The van der Waals surface area contributed by atoms with Crippen LogP contribution < -0.4 is 5.32 Å². The molecule has 0 aromatic carbocycles. The number of thiophene rings is 1. The van der Waals surface area contributed by atoms with Crippen LogP contribution >= 0.6 is 22.7 Å². The second-order valence-corrected chi connectivity index (χ2v) is 8.21. The number of hydrogen-bond acceptors (Lipinski definition) is 5. The lowest BCUT2D eigenvalue weighted by atomic mass is 10.1. The van der Waals surface area contributed by atoms with E-state index in [-0.39, 0.29) is 16.8 Å². The molecule has 138 valence electrons. The topological polar surface area (TPSA) is 54.9 Å². The van der Waals surface area contributed by atoms with Gasteiger partial charge >= 0.3 is 6.18 Å². The Kier molecular flexibility index (Phi) is 4.78. The molecule has 0 saturated carbocycles. The van der Waals surface area contributed by atoms with Crippen LogP contribution in [0.5, 0.6) is 0 Å². The Labute approximate surface area is 156 Å². The van der Waals surface area contributed by atoms with Crippen LogP contribution in [-0.2, 0) is 6.18 Å². The molecule has 1 N–H and O–H groups in total. The summed E-state index contributed by atoms with van der Waals surface area (Å²) in [5, 5.41) is 4.38. The fraction of sp³-hybridized carbons (Fsp3) is 0.353. The fourth-order valence-corrected chi connectivity index (χ4v) is 4.76. The molecule has 0 aliphatic rings. The summed E-state index contributed by atoms with van der Waals surface area (Å²) in [5.41, 5.74) is 0.542. The Morgan fingerprint density at radius 3 is 2.42 bits per heavy atom. The van der Waals surface area contributed by atoms with E-state index in [1.54, 1.807) is 6.92 Å². The van der Waals surface area contributed by atoms with Gasteiger partial charge in [0.2, 0.25) is 0 Å². The Morgan fingerprint density at radius 1 is 1.15 bits per heavy atom. The molecule has 0 aliphatic carbocycles. The normalized spacial score (nSPS) is 13.2. The average Bonchev–Trinajstić information content (AvgIpc) is 3.05. The summed E-state index contributed by atoms with van der Waals surface area (Å²) in [6.45, 7) is 7.36. The lowest BCUT2D eigenvalue weighted by Gasteiger charge is -2.12. The maximum Gasteiger partial charge on any atom is 0.433 e. The van der Waals surface area contributed by atoms with Gasteiger partial charge in [-0.15, -0.1) is 22.7 Å². The molecule has 0 unspecified atom stereocenters. The largest absolute Gasteiger partial charge is 0.433 e. The van der Waals surface area contributed by atoms with Crippen molar-refractivity contribution in [2.75, 3.05) is 0 Å². The zero-order valence-electron chi connectivity index (χ0n) is 14.5. The van der Waals surface area contributed by atoms with Crippen molar-refractivity contribution in [3.63, 3.8) is 0 Å². The van der Waals surface area contributed by atoms with E-state index >= 15 is 0 Å². The first-order valence-corrected chi connectivity index (χ1v) is 9.43. The zero-order chi connectivity index (χ0) is 19.2. The number of amides is 1. The van der Waals surface area contributed by atoms with Gasteiger partial charge in [-0.3, -0.25) is 4.79 Å². The van der Waals surface area contributed by atoms with Gasteiger partial charge in [0.05, 0.1) is 21.6 Å². The summed E-state index contributed by atoms with van der Waals surface area (Å²) >= 11 is 2.49. The van der Waals surface area contributed by atoms with Crippen LogP contribution in [0.15, 0.2) is 12.1 Å². The van der Waals surface area contributed by atoms with Crippen LogP contribution in [0.25, 0.3) is 10.2 Å². The molecular formula is C17H16F3N3OS2. The van der Waals surface area contributed by atoms with E-state index in [9.17, 15) is 18.0 Å². The first-order chi connectivity index (χ1) is 12.1.